The number of nitrogens with zero attached hydrogens (tertiary/aromatic N) is 4. The van der Waals surface area contributed by atoms with Crippen LogP contribution in [0.1, 0.15) is 219 Å². The van der Waals surface area contributed by atoms with Crippen molar-refractivity contribution in [2.75, 3.05) is 39.3 Å². The van der Waals surface area contributed by atoms with E-state index in [0.29, 0.717) is 0 Å². The molecule has 0 aromatic carbocycles. The fourth-order valence-corrected chi connectivity index (χ4v) is 7.56. The molecular weight excluding hydrogens is 655 g/mol. The van der Waals surface area contributed by atoms with Crippen LogP contribution in [0, 0.1) is 0 Å². The van der Waals surface area contributed by atoms with Crippen LogP contribution in [0.25, 0.3) is 0 Å². The third-order valence-electron chi connectivity index (χ3n) is 10.7. The number of hydrogen-bond acceptors (Lipinski definition) is 5. The van der Waals surface area contributed by atoms with Crippen LogP contribution in [0.4, 0.5) is 0 Å². The lowest BCUT2D eigenvalue weighted by Gasteiger charge is -2.26. The van der Waals surface area contributed by atoms with Crippen LogP contribution >= 0.6 is 7.82 Å². The van der Waals surface area contributed by atoms with Gasteiger partial charge in [-0.05, 0) is 12.8 Å². The van der Waals surface area contributed by atoms with Gasteiger partial charge in [0.25, 0.3) is 0 Å². The second-order valence-corrected chi connectivity index (χ2v) is 16.5. The Morgan fingerprint density at radius 3 is 0.882 bits per heavy atom. The van der Waals surface area contributed by atoms with Gasteiger partial charge in [-0.25, -0.2) is 4.57 Å². The number of aliphatic imine (C=N–C) groups is 2. The van der Waals surface area contributed by atoms with Crippen molar-refractivity contribution in [2.45, 2.75) is 219 Å². The summed E-state index contributed by atoms with van der Waals surface area (Å²) in [4.78, 5) is 36.5. The number of phosphoric acid groups is 1. The highest BCUT2D eigenvalue weighted by Gasteiger charge is 2.20. The summed E-state index contributed by atoms with van der Waals surface area (Å²) < 4.78 is 8.88. The molecule has 3 N–H and O–H groups in total. The summed E-state index contributed by atoms with van der Waals surface area (Å²) in [5, 5.41) is 0. The largest absolute Gasteiger partial charge is 0.466 e. The van der Waals surface area contributed by atoms with E-state index in [2.05, 4.69) is 23.6 Å². The number of unbranched alkanes of at least 4 members (excludes halogenated alkanes) is 28. The monoisotopic (exact) mass is 741 g/mol. The Morgan fingerprint density at radius 2 is 0.647 bits per heavy atom. The van der Waals surface area contributed by atoms with Gasteiger partial charge in [-0.15, -0.1) is 0 Å². The van der Waals surface area contributed by atoms with Gasteiger partial charge < -0.3 is 24.5 Å². The summed E-state index contributed by atoms with van der Waals surface area (Å²) in [7, 11) is -4.64. The minimum Gasteiger partial charge on any atom is -0.357 e. The Labute approximate surface area is 316 Å². The Hall–Kier alpha value is -0.950. The van der Waals surface area contributed by atoms with Crippen LogP contribution in [0.15, 0.2) is 9.98 Å². The molecule has 0 fully saturated rings. The normalized spacial score (nSPS) is 14.6. The topological polar surface area (TPSA) is 109 Å². The van der Waals surface area contributed by atoms with Gasteiger partial charge in [0, 0.05) is 39.0 Å². The molecule has 8 nitrogen and oxygen atoms in total. The molecule has 9 heteroatoms. The molecule has 302 valence electrons. The van der Waals surface area contributed by atoms with Crippen molar-refractivity contribution in [1.82, 2.24) is 9.80 Å². The average molecular weight is 741 g/mol. The second kappa shape index (κ2) is 34.8. The molecule has 0 spiro atoms. The maximum absolute atomic E-state index is 8.88. The van der Waals surface area contributed by atoms with Crippen LogP contribution in [0.2, 0.25) is 0 Å². The van der Waals surface area contributed by atoms with Crippen molar-refractivity contribution in [1.29, 1.82) is 0 Å². The van der Waals surface area contributed by atoms with E-state index in [1.54, 1.807) is 0 Å². The van der Waals surface area contributed by atoms with Crippen LogP contribution in [0.5, 0.6) is 0 Å². The molecule has 2 aliphatic heterocycles. The third kappa shape index (κ3) is 32.2. The summed E-state index contributed by atoms with van der Waals surface area (Å²) >= 11 is 0. The lowest BCUT2D eigenvalue weighted by Crippen LogP contribution is -2.38. The molecule has 2 heterocycles. The molecule has 51 heavy (non-hydrogen) atoms. The zero-order chi connectivity index (χ0) is 37.1. The van der Waals surface area contributed by atoms with Crippen LogP contribution in [-0.2, 0) is 4.57 Å². The standard InChI is InChI=1S/C42H82N4.H3O4P/c1-3-5-7-9-11-13-15-17-19-21-23-25-27-29-31-33-41-43-35-37-45(41)39-40-46-38-36-44-42(46)34-32-30-28-26-24-22-20-18-16-14-12-10-8-6-4-2;1-5(2,3)4/h3-40H2,1-2H3;(H3,1,2,3,4). The van der Waals surface area contributed by atoms with E-state index in [-0.39, 0.29) is 0 Å². The Bertz CT molecular complexity index is 813. The molecule has 0 saturated heterocycles. The molecule has 0 bridgehead atoms. The lowest BCUT2D eigenvalue weighted by molar-refractivity contribution is 0.275. The maximum Gasteiger partial charge on any atom is 0.466 e. The van der Waals surface area contributed by atoms with E-state index in [1.165, 1.54) is 217 Å². The predicted molar refractivity (Wildman–Crippen MR) is 221 cm³/mol. The van der Waals surface area contributed by atoms with E-state index in [9.17, 15) is 0 Å². The van der Waals surface area contributed by atoms with Gasteiger partial charge in [-0.2, -0.15) is 0 Å². The molecule has 0 aromatic rings. The van der Waals surface area contributed by atoms with Crippen molar-refractivity contribution >= 4 is 19.5 Å². The zero-order valence-electron chi connectivity index (χ0n) is 33.9. The molecule has 2 aliphatic rings. The Balaban J connectivity index is 0.00000242. The summed E-state index contributed by atoms with van der Waals surface area (Å²) in [6.07, 6.45) is 45.4. The van der Waals surface area contributed by atoms with Gasteiger partial charge in [0.15, 0.2) is 0 Å². The Morgan fingerprint density at radius 1 is 0.431 bits per heavy atom. The fraction of sp³-hybridized carbons (Fsp3) is 0.952. The van der Waals surface area contributed by atoms with Gasteiger partial charge in [0.2, 0.25) is 0 Å². The van der Waals surface area contributed by atoms with Gasteiger partial charge in [-0.3, -0.25) is 9.98 Å². The molecule has 0 amide bonds. The highest BCUT2D eigenvalue weighted by atomic mass is 31.2. The lowest BCUT2D eigenvalue weighted by atomic mass is 10.0. The van der Waals surface area contributed by atoms with Crippen molar-refractivity contribution < 1.29 is 19.2 Å². The minimum atomic E-state index is -4.64. The van der Waals surface area contributed by atoms with Crippen LogP contribution in [0.3, 0.4) is 0 Å². The van der Waals surface area contributed by atoms with Crippen molar-refractivity contribution in [3.05, 3.63) is 0 Å². The quantitative estimate of drug-likeness (QED) is 0.0441. The molecule has 0 radical (unpaired) electrons. The summed E-state index contributed by atoms with van der Waals surface area (Å²) in [5.41, 5.74) is 0. The van der Waals surface area contributed by atoms with Gasteiger partial charge in [0.05, 0.1) is 24.8 Å². The Kier molecular flexibility index (Phi) is 32.8. The highest BCUT2D eigenvalue weighted by molar-refractivity contribution is 7.45. The molecule has 2 rings (SSSR count). The van der Waals surface area contributed by atoms with E-state index >= 15 is 0 Å². The van der Waals surface area contributed by atoms with E-state index in [0.717, 1.165) is 39.3 Å². The van der Waals surface area contributed by atoms with Gasteiger partial charge >= 0.3 is 7.82 Å². The molecule has 0 aliphatic carbocycles. The number of amidine groups is 2. The minimum absolute atomic E-state index is 1.01. The number of rotatable bonds is 35. The highest BCUT2D eigenvalue weighted by Crippen LogP contribution is 2.26. The first-order chi connectivity index (χ1) is 24.8. The molecule has 0 unspecified atom stereocenters. The van der Waals surface area contributed by atoms with Crippen LogP contribution in [-0.4, -0.2) is 75.4 Å². The van der Waals surface area contributed by atoms with E-state index < -0.39 is 7.82 Å². The average Bonchev–Trinajstić information content (AvgIpc) is 3.75. The molecular formula is C42H85N4O4P. The van der Waals surface area contributed by atoms with Crippen molar-refractivity contribution in [3.63, 3.8) is 0 Å². The zero-order valence-corrected chi connectivity index (χ0v) is 34.8. The molecule has 0 saturated carbocycles. The van der Waals surface area contributed by atoms with Gasteiger partial charge in [0.1, 0.15) is 0 Å². The molecule has 0 atom stereocenters. The second-order valence-electron chi connectivity index (χ2n) is 15.5. The fourth-order valence-electron chi connectivity index (χ4n) is 7.56. The summed E-state index contributed by atoms with van der Waals surface area (Å²) in [6.45, 7) is 11.2. The SMILES string of the molecule is CCCCCCCCCCCCCCCCCC1=NCCN1CCN1CCN=C1CCCCCCCCCCCCCCCCC.O=P(O)(O)O. The summed E-state index contributed by atoms with van der Waals surface area (Å²) in [5.74, 6) is 2.80. The van der Waals surface area contributed by atoms with E-state index in [1.807, 2.05) is 0 Å². The maximum atomic E-state index is 8.88. The van der Waals surface area contributed by atoms with Crippen molar-refractivity contribution in [2.24, 2.45) is 9.98 Å². The first-order valence-electron chi connectivity index (χ1n) is 22.2. The first-order valence-corrected chi connectivity index (χ1v) is 23.8. The van der Waals surface area contributed by atoms with Crippen molar-refractivity contribution in [3.8, 4) is 0 Å². The van der Waals surface area contributed by atoms with E-state index in [4.69, 9.17) is 29.2 Å². The molecule has 0 aromatic heterocycles. The third-order valence-corrected chi connectivity index (χ3v) is 10.7. The first kappa shape index (κ1) is 48.1. The van der Waals surface area contributed by atoms with Crippen LogP contribution < -0.4 is 0 Å². The number of hydrogen-bond donors (Lipinski definition) is 3. The van der Waals surface area contributed by atoms with Gasteiger partial charge in [-0.1, -0.05) is 194 Å². The predicted octanol–water partition coefficient (Wildman–Crippen LogP) is 12.0. The summed E-state index contributed by atoms with van der Waals surface area (Å²) in [6, 6.07) is 0. The smallest absolute Gasteiger partial charge is 0.357 e.